The van der Waals surface area contributed by atoms with Crippen molar-refractivity contribution in [1.29, 1.82) is 0 Å². The molecule has 0 fully saturated rings. The van der Waals surface area contributed by atoms with Crippen LogP contribution in [-0.4, -0.2) is 19.2 Å². The first kappa shape index (κ1) is 23.2. The first-order valence-corrected chi connectivity index (χ1v) is 10.2. The molecule has 1 amide bonds. The Morgan fingerprint density at radius 3 is 1.92 bits per heavy atom. The summed E-state index contributed by atoms with van der Waals surface area (Å²) in [6.07, 6.45) is 21.8. The molecule has 142 valence electrons. The molecule has 0 rings (SSSR count). The maximum absolute atomic E-state index is 11.5. The highest BCUT2D eigenvalue weighted by molar-refractivity contribution is 5.75. The Kier molecular flexibility index (Phi) is 17.9. The SMILES string of the molecule is CCCCCCCC/C=C\CCCCCCCC(=O)NC(C)OC. The van der Waals surface area contributed by atoms with Crippen molar-refractivity contribution in [2.75, 3.05) is 7.11 Å². The molecule has 0 aliphatic rings. The maximum atomic E-state index is 11.5. The first-order valence-electron chi connectivity index (χ1n) is 10.2. The average molecular weight is 340 g/mol. The molecule has 24 heavy (non-hydrogen) atoms. The van der Waals surface area contributed by atoms with E-state index in [1.54, 1.807) is 7.11 Å². The van der Waals surface area contributed by atoms with Crippen LogP contribution in [-0.2, 0) is 9.53 Å². The van der Waals surface area contributed by atoms with Crippen LogP contribution < -0.4 is 5.32 Å². The third-order valence-corrected chi connectivity index (χ3v) is 4.38. The van der Waals surface area contributed by atoms with Gasteiger partial charge in [0.15, 0.2) is 0 Å². The number of carbonyl (C=O) groups excluding carboxylic acids is 1. The third-order valence-electron chi connectivity index (χ3n) is 4.38. The summed E-state index contributed by atoms with van der Waals surface area (Å²) in [5.74, 6) is 0.0991. The molecule has 1 unspecified atom stereocenters. The van der Waals surface area contributed by atoms with Gasteiger partial charge in [0.2, 0.25) is 5.91 Å². The van der Waals surface area contributed by atoms with Crippen molar-refractivity contribution >= 4 is 5.91 Å². The fourth-order valence-electron chi connectivity index (χ4n) is 2.71. The van der Waals surface area contributed by atoms with Gasteiger partial charge >= 0.3 is 0 Å². The normalized spacial score (nSPS) is 12.6. The molecule has 1 atom stereocenters. The van der Waals surface area contributed by atoms with E-state index in [1.165, 1.54) is 70.6 Å². The van der Waals surface area contributed by atoms with Gasteiger partial charge in [-0.25, -0.2) is 0 Å². The molecule has 0 aromatic heterocycles. The van der Waals surface area contributed by atoms with E-state index in [2.05, 4.69) is 24.4 Å². The Morgan fingerprint density at radius 1 is 0.875 bits per heavy atom. The molecule has 0 bridgehead atoms. The number of methoxy groups -OCH3 is 1. The van der Waals surface area contributed by atoms with Gasteiger partial charge in [-0.15, -0.1) is 0 Å². The monoisotopic (exact) mass is 339 g/mol. The van der Waals surface area contributed by atoms with Gasteiger partial charge in [-0.1, -0.05) is 70.4 Å². The van der Waals surface area contributed by atoms with E-state index in [0.717, 1.165) is 12.8 Å². The van der Waals surface area contributed by atoms with Crippen molar-refractivity contribution in [3.8, 4) is 0 Å². The second kappa shape index (κ2) is 18.5. The number of amides is 1. The quantitative estimate of drug-likeness (QED) is 0.196. The summed E-state index contributed by atoms with van der Waals surface area (Å²) in [5.41, 5.74) is 0. The number of hydrogen-bond acceptors (Lipinski definition) is 2. The zero-order valence-electron chi connectivity index (χ0n) is 16.4. The van der Waals surface area contributed by atoms with E-state index in [-0.39, 0.29) is 12.1 Å². The van der Waals surface area contributed by atoms with Gasteiger partial charge in [-0.2, -0.15) is 0 Å². The third kappa shape index (κ3) is 17.5. The highest BCUT2D eigenvalue weighted by Crippen LogP contribution is 2.10. The first-order chi connectivity index (χ1) is 11.7. The Morgan fingerprint density at radius 2 is 1.38 bits per heavy atom. The summed E-state index contributed by atoms with van der Waals surface area (Å²) >= 11 is 0. The summed E-state index contributed by atoms with van der Waals surface area (Å²) in [6, 6.07) is 0. The van der Waals surface area contributed by atoms with Crippen molar-refractivity contribution in [3.63, 3.8) is 0 Å². The van der Waals surface area contributed by atoms with Gasteiger partial charge in [0, 0.05) is 13.5 Å². The van der Waals surface area contributed by atoms with Crippen LogP contribution in [0.4, 0.5) is 0 Å². The number of allylic oxidation sites excluding steroid dienone is 2. The maximum Gasteiger partial charge on any atom is 0.221 e. The van der Waals surface area contributed by atoms with Gasteiger partial charge in [0.25, 0.3) is 0 Å². The zero-order chi connectivity index (χ0) is 17.9. The topological polar surface area (TPSA) is 38.3 Å². The summed E-state index contributed by atoms with van der Waals surface area (Å²) in [5, 5.41) is 2.81. The lowest BCUT2D eigenvalue weighted by Crippen LogP contribution is -2.33. The smallest absolute Gasteiger partial charge is 0.221 e. The van der Waals surface area contributed by atoms with Crippen LogP contribution in [0.2, 0.25) is 0 Å². The van der Waals surface area contributed by atoms with Crippen molar-refractivity contribution < 1.29 is 9.53 Å². The van der Waals surface area contributed by atoms with Gasteiger partial charge in [-0.05, 0) is 39.0 Å². The molecule has 0 saturated heterocycles. The number of nitrogens with one attached hydrogen (secondary N) is 1. The number of unbranched alkanes of at least 4 members (excludes halogenated alkanes) is 11. The van der Waals surface area contributed by atoms with E-state index in [9.17, 15) is 4.79 Å². The highest BCUT2D eigenvalue weighted by Gasteiger charge is 2.04. The highest BCUT2D eigenvalue weighted by atomic mass is 16.5. The van der Waals surface area contributed by atoms with Crippen LogP contribution in [0.15, 0.2) is 12.2 Å². The summed E-state index contributed by atoms with van der Waals surface area (Å²) in [4.78, 5) is 11.5. The zero-order valence-corrected chi connectivity index (χ0v) is 16.4. The van der Waals surface area contributed by atoms with Crippen LogP contribution in [0.25, 0.3) is 0 Å². The molecular formula is C21H41NO2. The van der Waals surface area contributed by atoms with Crippen LogP contribution in [0, 0.1) is 0 Å². The molecule has 3 heteroatoms. The molecule has 1 N–H and O–H groups in total. The van der Waals surface area contributed by atoms with E-state index in [0.29, 0.717) is 6.42 Å². The standard InChI is InChI=1S/C21H41NO2/c1-4-5-6-7-8-9-10-11-12-13-14-15-16-17-18-19-21(23)22-20(2)24-3/h11-12,20H,4-10,13-19H2,1-3H3,(H,22,23)/b12-11-. The molecule has 0 heterocycles. The number of carbonyl (C=O) groups is 1. The lowest BCUT2D eigenvalue weighted by Gasteiger charge is -2.11. The minimum absolute atomic E-state index is 0.0991. The summed E-state index contributed by atoms with van der Waals surface area (Å²) in [7, 11) is 1.60. The second-order valence-electron chi connectivity index (χ2n) is 6.78. The van der Waals surface area contributed by atoms with Gasteiger partial charge < -0.3 is 10.1 Å². The molecule has 0 radical (unpaired) electrons. The van der Waals surface area contributed by atoms with E-state index >= 15 is 0 Å². The predicted octanol–water partition coefficient (Wildman–Crippen LogP) is 6.13. The molecule has 0 aromatic rings. The van der Waals surface area contributed by atoms with Crippen molar-refractivity contribution in [2.45, 2.75) is 110 Å². The van der Waals surface area contributed by atoms with Gasteiger partial charge in [-0.3, -0.25) is 4.79 Å². The molecule has 0 spiro atoms. The fourth-order valence-corrected chi connectivity index (χ4v) is 2.71. The summed E-state index contributed by atoms with van der Waals surface area (Å²) in [6.45, 7) is 4.11. The van der Waals surface area contributed by atoms with Crippen LogP contribution >= 0.6 is 0 Å². The number of rotatable bonds is 17. The minimum Gasteiger partial charge on any atom is -0.362 e. The Balaban J connectivity index is 3.22. The average Bonchev–Trinajstić information content (AvgIpc) is 2.58. The van der Waals surface area contributed by atoms with E-state index in [1.807, 2.05) is 6.92 Å². The van der Waals surface area contributed by atoms with Crippen molar-refractivity contribution in [2.24, 2.45) is 0 Å². The fraction of sp³-hybridized carbons (Fsp3) is 0.857. The van der Waals surface area contributed by atoms with Crippen LogP contribution in [0.3, 0.4) is 0 Å². The van der Waals surface area contributed by atoms with E-state index < -0.39 is 0 Å². The second-order valence-corrected chi connectivity index (χ2v) is 6.78. The van der Waals surface area contributed by atoms with Gasteiger partial charge in [0.05, 0.1) is 0 Å². The molecule has 0 saturated carbocycles. The molecule has 3 nitrogen and oxygen atoms in total. The lowest BCUT2D eigenvalue weighted by atomic mass is 10.1. The van der Waals surface area contributed by atoms with E-state index in [4.69, 9.17) is 4.74 Å². The van der Waals surface area contributed by atoms with Gasteiger partial charge in [0.1, 0.15) is 6.23 Å². The molecule has 0 aliphatic carbocycles. The van der Waals surface area contributed by atoms with Crippen molar-refractivity contribution in [1.82, 2.24) is 5.32 Å². The molecule has 0 aromatic carbocycles. The van der Waals surface area contributed by atoms with Crippen molar-refractivity contribution in [3.05, 3.63) is 12.2 Å². The number of hydrogen-bond donors (Lipinski definition) is 1. The Hall–Kier alpha value is -0.830. The molecular weight excluding hydrogens is 298 g/mol. The largest absolute Gasteiger partial charge is 0.362 e. The lowest BCUT2D eigenvalue weighted by molar-refractivity contribution is -0.124. The minimum atomic E-state index is -0.180. The molecule has 0 aliphatic heterocycles. The van der Waals surface area contributed by atoms with Crippen LogP contribution in [0.1, 0.15) is 104 Å². The Bertz CT molecular complexity index is 302. The number of ether oxygens (including phenoxy) is 1. The Labute approximate surface area is 150 Å². The summed E-state index contributed by atoms with van der Waals surface area (Å²) < 4.78 is 5.01. The van der Waals surface area contributed by atoms with Crippen LogP contribution in [0.5, 0.6) is 0 Å². The predicted molar refractivity (Wildman–Crippen MR) is 104 cm³/mol.